The topological polar surface area (TPSA) is 115 Å². The molecule has 0 aliphatic carbocycles. The highest BCUT2D eigenvalue weighted by atomic mass is 16.5. The zero-order chi connectivity index (χ0) is 15.4. The highest BCUT2D eigenvalue weighted by Crippen LogP contribution is 2.29. The molecule has 1 atom stereocenters. The lowest BCUT2D eigenvalue weighted by Gasteiger charge is -2.17. The standard InChI is InChI=1S/C13H17N5O3/c1-7(15-12(19)11-16-13(14)18-17-11)9-6-8(20-2)4-5-10(9)21-3/h4-7H,1-3H3,(H,15,19)(H3,14,16,17,18). The molecule has 1 amide bonds. The molecule has 0 saturated heterocycles. The minimum atomic E-state index is -0.406. The summed E-state index contributed by atoms with van der Waals surface area (Å²) in [6.45, 7) is 1.83. The first-order chi connectivity index (χ1) is 10.0. The molecule has 8 heteroatoms. The fourth-order valence-electron chi connectivity index (χ4n) is 1.90. The van der Waals surface area contributed by atoms with Crippen LogP contribution in [0.5, 0.6) is 11.5 Å². The van der Waals surface area contributed by atoms with Crippen molar-refractivity contribution in [1.82, 2.24) is 20.5 Å². The Kier molecular flexibility index (Phi) is 4.27. The number of H-pyrrole nitrogens is 1. The van der Waals surface area contributed by atoms with Crippen LogP contribution in [0.3, 0.4) is 0 Å². The summed E-state index contributed by atoms with van der Waals surface area (Å²) in [7, 11) is 3.14. The number of hydrogen-bond donors (Lipinski definition) is 3. The van der Waals surface area contributed by atoms with Gasteiger partial charge in [0, 0.05) is 5.56 Å². The van der Waals surface area contributed by atoms with Crippen molar-refractivity contribution in [3.05, 3.63) is 29.6 Å². The van der Waals surface area contributed by atoms with Crippen LogP contribution in [0.15, 0.2) is 18.2 Å². The molecule has 0 saturated carbocycles. The van der Waals surface area contributed by atoms with Crippen molar-refractivity contribution >= 4 is 11.9 Å². The van der Waals surface area contributed by atoms with Gasteiger partial charge in [0.1, 0.15) is 11.5 Å². The van der Waals surface area contributed by atoms with Gasteiger partial charge in [0.15, 0.2) is 0 Å². The third-order valence-electron chi connectivity index (χ3n) is 2.97. The van der Waals surface area contributed by atoms with Gasteiger partial charge in [0.2, 0.25) is 11.8 Å². The second kappa shape index (κ2) is 6.12. The van der Waals surface area contributed by atoms with E-state index in [4.69, 9.17) is 15.2 Å². The predicted octanol–water partition coefficient (Wildman–Crippen LogP) is 0.895. The number of methoxy groups -OCH3 is 2. The van der Waals surface area contributed by atoms with Crippen molar-refractivity contribution in [2.45, 2.75) is 13.0 Å². The molecule has 1 aromatic heterocycles. The average Bonchev–Trinajstić information content (AvgIpc) is 2.93. The summed E-state index contributed by atoms with van der Waals surface area (Å²) in [6.07, 6.45) is 0. The molecule has 0 aliphatic rings. The summed E-state index contributed by atoms with van der Waals surface area (Å²) in [4.78, 5) is 15.8. The molecule has 1 aromatic carbocycles. The summed E-state index contributed by atoms with van der Waals surface area (Å²) < 4.78 is 10.5. The van der Waals surface area contributed by atoms with Gasteiger partial charge in [-0.2, -0.15) is 4.98 Å². The second-order valence-corrected chi connectivity index (χ2v) is 4.35. The predicted molar refractivity (Wildman–Crippen MR) is 76.2 cm³/mol. The van der Waals surface area contributed by atoms with E-state index in [1.807, 2.05) is 6.92 Å². The fraction of sp³-hybridized carbons (Fsp3) is 0.308. The van der Waals surface area contributed by atoms with Crippen molar-refractivity contribution in [2.24, 2.45) is 0 Å². The lowest BCUT2D eigenvalue weighted by molar-refractivity contribution is 0.0929. The molecule has 1 unspecified atom stereocenters. The minimum absolute atomic E-state index is 0.0202. The quantitative estimate of drug-likeness (QED) is 0.753. The van der Waals surface area contributed by atoms with Gasteiger partial charge >= 0.3 is 0 Å². The van der Waals surface area contributed by atoms with Crippen LogP contribution in [-0.4, -0.2) is 35.3 Å². The Morgan fingerprint density at radius 2 is 2.14 bits per heavy atom. The maximum atomic E-state index is 12.0. The van der Waals surface area contributed by atoms with Crippen LogP contribution < -0.4 is 20.5 Å². The van der Waals surface area contributed by atoms with Gasteiger partial charge in [-0.3, -0.25) is 9.89 Å². The number of ether oxygens (including phenoxy) is 2. The fourth-order valence-corrected chi connectivity index (χ4v) is 1.90. The summed E-state index contributed by atoms with van der Waals surface area (Å²) in [5.41, 5.74) is 6.16. The minimum Gasteiger partial charge on any atom is -0.497 e. The molecule has 0 spiro atoms. The van der Waals surface area contributed by atoms with Crippen molar-refractivity contribution in [2.75, 3.05) is 20.0 Å². The van der Waals surface area contributed by atoms with Gasteiger partial charge in [-0.1, -0.05) is 0 Å². The van der Waals surface area contributed by atoms with E-state index in [2.05, 4.69) is 20.5 Å². The SMILES string of the molecule is COc1ccc(OC)c(C(C)NC(=O)c2nc(N)n[nH]2)c1. The zero-order valence-electron chi connectivity index (χ0n) is 12.0. The van der Waals surface area contributed by atoms with Crippen LogP contribution >= 0.6 is 0 Å². The van der Waals surface area contributed by atoms with Crippen LogP contribution in [0.1, 0.15) is 29.1 Å². The Morgan fingerprint density at radius 3 is 2.71 bits per heavy atom. The highest BCUT2D eigenvalue weighted by molar-refractivity contribution is 5.90. The van der Waals surface area contributed by atoms with Gasteiger partial charge < -0.3 is 20.5 Å². The lowest BCUT2D eigenvalue weighted by Crippen LogP contribution is -2.28. The van der Waals surface area contributed by atoms with Crippen LogP contribution in [-0.2, 0) is 0 Å². The number of carbonyl (C=O) groups excluding carboxylic acids is 1. The summed E-state index contributed by atoms with van der Waals surface area (Å²) in [5, 5.41) is 8.86. The number of nitrogens with one attached hydrogen (secondary N) is 2. The number of aromatic nitrogens is 3. The summed E-state index contributed by atoms with van der Waals surface area (Å²) >= 11 is 0. The summed E-state index contributed by atoms with van der Waals surface area (Å²) in [5.74, 6) is 1.00. The van der Waals surface area contributed by atoms with E-state index in [-0.39, 0.29) is 17.8 Å². The van der Waals surface area contributed by atoms with Crippen molar-refractivity contribution in [3.63, 3.8) is 0 Å². The molecule has 2 rings (SSSR count). The number of nitrogens with zero attached hydrogens (tertiary/aromatic N) is 2. The van der Waals surface area contributed by atoms with Crippen LogP contribution in [0.25, 0.3) is 0 Å². The molecule has 0 radical (unpaired) electrons. The smallest absolute Gasteiger partial charge is 0.289 e. The van der Waals surface area contributed by atoms with Gasteiger partial charge in [-0.25, -0.2) is 0 Å². The monoisotopic (exact) mass is 291 g/mol. The van der Waals surface area contributed by atoms with E-state index in [0.29, 0.717) is 11.5 Å². The Hall–Kier alpha value is -2.77. The Balaban J connectivity index is 2.19. The molecule has 4 N–H and O–H groups in total. The van der Waals surface area contributed by atoms with E-state index in [1.165, 1.54) is 0 Å². The van der Waals surface area contributed by atoms with E-state index in [1.54, 1.807) is 32.4 Å². The molecule has 0 bridgehead atoms. The lowest BCUT2D eigenvalue weighted by atomic mass is 10.1. The van der Waals surface area contributed by atoms with E-state index >= 15 is 0 Å². The van der Waals surface area contributed by atoms with Gasteiger partial charge in [-0.15, -0.1) is 5.10 Å². The van der Waals surface area contributed by atoms with Crippen molar-refractivity contribution in [1.29, 1.82) is 0 Å². The van der Waals surface area contributed by atoms with Crippen LogP contribution in [0, 0.1) is 0 Å². The first-order valence-corrected chi connectivity index (χ1v) is 6.25. The third-order valence-corrected chi connectivity index (χ3v) is 2.97. The number of rotatable bonds is 5. The number of nitrogen functional groups attached to an aromatic ring is 1. The largest absolute Gasteiger partial charge is 0.497 e. The number of aromatic amines is 1. The number of carbonyl (C=O) groups is 1. The zero-order valence-corrected chi connectivity index (χ0v) is 12.0. The Labute approximate surface area is 121 Å². The number of hydrogen-bond acceptors (Lipinski definition) is 6. The Morgan fingerprint density at radius 1 is 1.38 bits per heavy atom. The molecule has 2 aromatic rings. The maximum absolute atomic E-state index is 12.0. The van der Waals surface area contributed by atoms with E-state index in [0.717, 1.165) is 5.56 Å². The number of nitrogens with two attached hydrogens (primary N) is 1. The third kappa shape index (κ3) is 3.22. The van der Waals surface area contributed by atoms with Crippen LogP contribution in [0.4, 0.5) is 5.95 Å². The molecule has 0 aliphatic heterocycles. The average molecular weight is 291 g/mol. The van der Waals surface area contributed by atoms with Crippen molar-refractivity contribution < 1.29 is 14.3 Å². The Bertz CT molecular complexity index is 640. The number of amides is 1. The number of benzene rings is 1. The van der Waals surface area contributed by atoms with Crippen LogP contribution in [0.2, 0.25) is 0 Å². The normalized spacial score (nSPS) is 11.8. The molecule has 112 valence electrons. The molecular weight excluding hydrogens is 274 g/mol. The van der Waals surface area contributed by atoms with Crippen molar-refractivity contribution in [3.8, 4) is 11.5 Å². The highest BCUT2D eigenvalue weighted by Gasteiger charge is 2.18. The number of anilines is 1. The second-order valence-electron chi connectivity index (χ2n) is 4.35. The van der Waals surface area contributed by atoms with Gasteiger partial charge in [0.05, 0.1) is 20.3 Å². The van der Waals surface area contributed by atoms with Gasteiger partial charge in [-0.05, 0) is 25.1 Å². The molecule has 0 fully saturated rings. The molecule has 1 heterocycles. The molecule has 21 heavy (non-hydrogen) atoms. The van der Waals surface area contributed by atoms with E-state index in [9.17, 15) is 4.79 Å². The first-order valence-electron chi connectivity index (χ1n) is 6.25. The maximum Gasteiger partial charge on any atom is 0.289 e. The first kappa shape index (κ1) is 14.6. The molecular formula is C13H17N5O3. The van der Waals surface area contributed by atoms with Gasteiger partial charge in [0.25, 0.3) is 5.91 Å². The van der Waals surface area contributed by atoms with E-state index < -0.39 is 5.91 Å². The molecule has 8 nitrogen and oxygen atoms in total. The summed E-state index contributed by atoms with van der Waals surface area (Å²) in [6, 6.07) is 5.06.